The van der Waals surface area contributed by atoms with Gasteiger partial charge in [0.25, 0.3) is 0 Å². The van der Waals surface area contributed by atoms with E-state index in [-0.39, 0.29) is 24.0 Å². The number of rotatable bonds is 12. The minimum Gasteiger partial charge on any atom is -0.445 e. The van der Waals surface area contributed by atoms with Gasteiger partial charge in [0, 0.05) is 24.2 Å². The molecule has 2 aromatic carbocycles. The molecule has 0 aliphatic carbocycles. The summed E-state index contributed by atoms with van der Waals surface area (Å²) in [6.45, 7) is 7.22. The topological polar surface area (TPSA) is 70.7 Å². The van der Waals surface area contributed by atoms with Crippen molar-refractivity contribution < 1.29 is 14.3 Å². The smallest absolute Gasteiger partial charge is 0.409 e. The summed E-state index contributed by atoms with van der Waals surface area (Å²) in [5, 5.41) is 0. The van der Waals surface area contributed by atoms with E-state index in [1.807, 2.05) is 55.5 Å². The summed E-state index contributed by atoms with van der Waals surface area (Å²) in [4.78, 5) is 27.0. The van der Waals surface area contributed by atoms with Gasteiger partial charge in [0.15, 0.2) is 0 Å². The Morgan fingerprint density at radius 3 is 2.32 bits per heavy atom. The van der Waals surface area contributed by atoms with Crippen LogP contribution in [-0.2, 0) is 21.6 Å². The summed E-state index contributed by atoms with van der Waals surface area (Å²) in [5.41, 5.74) is 6.86. The molecule has 2 rings (SSSR count). The molecule has 34 heavy (non-hydrogen) atoms. The van der Waals surface area contributed by atoms with Crippen LogP contribution < -0.4 is 10.9 Å². The first-order chi connectivity index (χ1) is 16.1. The largest absolute Gasteiger partial charge is 0.445 e. The number of carbonyl (C=O) groups excluding carboxylic acids is 2. The van der Waals surface area contributed by atoms with Gasteiger partial charge in [-0.25, -0.2) is 10.2 Å². The third kappa shape index (κ3) is 8.58. The average Bonchev–Trinajstić information content (AvgIpc) is 2.80. The zero-order valence-electron chi connectivity index (χ0n) is 21.0. The van der Waals surface area contributed by atoms with Gasteiger partial charge >= 0.3 is 6.09 Å². The predicted molar refractivity (Wildman–Crippen MR) is 145 cm³/mol. The molecular formula is C27H38IN3O3. The zero-order chi connectivity index (χ0) is 25.2. The summed E-state index contributed by atoms with van der Waals surface area (Å²) in [5.74, 6) is -0.0304. The van der Waals surface area contributed by atoms with Gasteiger partial charge in [-0.05, 0) is 71.0 Å². The first-order valence-electron chi connectivity index (χ1n) is 11.7. The van der Waals surface area contributed by atoms with Crippen molar-refractivity contribution in [2.45, 2.75) is 58.5 Å². The highest BCUT2D eigenvalue weighted by atomic mass is 127. The molecule has 0 aliphatic rings. The Balaban J connectivity index is 1.87. The molecule has 0 saturated carbocycles. The molecule has 0 radical (unpaired) electrons. The molecule has 0 aromatic heterocycles. The molecule has 2 aromatic rings. The Morgan fingerprint density at radius 1 is 1.00 bits per heavy atom. The second kappa shape index (κ2) is 13.1. The maximum absolute atomic E-state index is 12.9. The standard InChI is InChI=1S/C27H38IN3O3/c1-26(2,20-31(5)25(33)34-19-21-12-7-6-8-13-21)16-9-10-17-27(3,24(32)30-29-4)22-14-11-15-23(28)18-22/h6-8,11-15,18,29H,9-10,16-17,19-20H2,1-5H3,(H,30,32)/t27-/m1/s1. The van der Waals surface area contributed by atoms with Crippen molar-refractivity contribution in [2.75, 3.05) is 20.6 Å². The molecule has 0 fully saturated rings. The Labute approximate surface area is 217 Å². The van der Waals surface area contributed by atoms with E-state index >= 15 is 0 Å². The molecule has 0 saturated heterocycles. The number of halogens is 1. The van der Waals surface area contributed by atoms with E-state index in [2.05, 4.69) is 53.4 Å². The van der Waals surface area contributed by atoms with E-state index in [0.717, 1.165) is 40.4 Å². The van der Waals surface area contributed by atoms with Gasteiger partial charge in [-0.3, -0.25) is 10.2 Å². The SMILES string of the molecule is CNNC(=O)[C@](C)(CCCCC(C)(C)CN(C)C(=O)OCc1ccccc1)c1cccc(I)c1. The molecule has 6 nitrogen and oxygen atoms in total. The van der Waals surface area contributed by atoms with Gasteiger partial charge in [-0.15, -0.1) is 0 Å². The summed E-state index contributed by atoms with van der Waals surface area (Å²) in [7, 11) is 3.49. The number of nitrogens with zero attached hydrogens (tertiary/aromatic N) is 1. The van der Waals surface area contributed by atoms with Gasteiger partial charge in [-0.1, -0.05) is 69.2 Å². The zero-order valence-corrected chi connectivity index (χ0v) is 23.1. The lowest BCUT2D eigenvalue weighted by atomic mass is 9.76. The number of hydrogen-bond acceptors (Lipinski definition) is 4. The van der Waals surface area contributed by atoms with E-state index < -0.39 is 5.41 Å². The van der Waals surface area contributed by atoms with E-state index in [1.54, 1.807) is 19.0 Å². The average molecular weight is 580 g/mol. The molecule has 0 unspecified atom stereocenters. The Kier molecular flexibility index (Phi) is 10.8. The monoisotopic (exact) mass is 579 g/mol. The molecule has 0 spiro atoms. The Hall–Kier alpha value is -2.13. The number of unbranched alkanes of at least 4 members (excludes halogenated alkanes) is 1. The number of benzene rings is 2. The molecule has 0 aliphatic heterocycles. The van der Waals surface area contributed by atoms with Crippen molar-refractivity contribution in [3.05, 3.63) is 69.3 Å². The van der Waals surface area contributed by atoms with E-state index in [0.29, 0.717) is 6.54 Å². The van der Waals surface area contributed by atoms with Crippen molar-refractivity contribution in [2.24, 2.45) is 5.41 Å². The van der Waals surface area contributed by atoms with Crippen LogP contribution in [0.15, 0.2) is 54.6 Å². The lowest BCUT2D eigenvalue weighted by Gasteiger charge is -2.31. The molecule has 7 heteroatoms. The molecule has 0 bridgehead atoms. The van der Waals surface area contributed by atoms with Crippen molar-refractivity contribution >= 4 is 34.6 Å². The first kappa shape index (κ1) is 28.1. The van der Waals surface area contributed by atoms with Crippen LogP contribution in [0.2, 0.25) is 0 Å². The molecule has 186 valence electrons. The molecular weight excluding hydrogens is 541 g/mol. The van der Waals surface area contributed by atoms with Crippen LogP contribution in [-0.4, -0.2) is 37.5 Å². The minimum atomic E-state index is -0.619. The fraction of sp³-hybridized carbons (Fsp3) is 0.481. The highest BCUT2D eigenvalue weighted by Gasteiger charge is 2.35. The summed E-state index contributed by atoms with van der Waals surface area (Å²) < 4.78 is 6.56. The van der Waals surface area contributed by atoms with Crippen LogP contribution in [0.4, 0.5) is 4.79 Å². The van der Waals surface area contributed by atoms with Crippen molar-refractivity contribution in [1.29, 1.82) is 0 Å². The van der Waals surface area contributed by atoms with Gasteiger partial charge < -0.3 is 9.64 Å². The summed E-state index contributed by atoms with van der Waals surface area (Å²) in [6.07, 6.45) is 3.24. The third-order valence-electron chi connectivity index (χ3n) is 6.16. The van der Waals surface area contributed by atoms with Crippen LogP contribution >= 0.6 is 22.6 Å². The fourth-order valence-electron chi connectivity index (χ4n) is 4.17. The summed E-state index contributed by atoms with van der Waals surface area (Å²) in [6, 6.07) is 17.8. The minimum absolute atomic E-state index is 0.0304. The molecule has 0 heterocycles. The van der Waals surface area contributed by atoms with Crippen LogP contribution in [0.5, 0.6) is 0 Å². The Morgan fingerprint density at radius 2 is 1.68 bits per heavy atom. The number of nitrogens with one attached hydrogen (secondary N) is 2. The number of hydrazine groups is 1. The first-order valence-corrected chi connectivity index (χ1v) is 12.8. The van der Waals surface area contributed by atoms with Crippen molar-refractivity contribution in [3.63, 3.8) is 0 Å². The highest BCUT2D eigenvalue weighted by molar-refractivity contribution is 14.1. The third-order valence-corrected chi connectivity index (χ3v) is 6.83. The van der Waals surface area contributed by atoms with E-state index in [9.17, 15) is 9.59 Å². The maximum Gasteiger partial charge on any atom is 0.409 e. The van der Waals surface area contributed by atoms with Crippen LogP contribution in [0.1, 0.15) is 57.6 Å². The van der Waals surface area contributed by atoms with Crippen molar-refractivity contribution in [1.82, 2.24) is 15.8 Å². The van der Waals surface area contributed by atoms with Crippen LogP contribution in [0.25, 0.3) is 0 Å². The Bertz CT molecular complexity index is 936. The maximum atomic E-state index is 12.9. The van der Waals surface area contributed by atoms with Gasteiger partial charge in [0.05, 0.1) is 5.41 Å². The van der Waals surface area contributed by atoms with Gasteiger partial charge in [-0.2, -0.15) is 0 Å². The lowest BCUT2D eigenvalue weighted by Crippen LogP contribution is -2.47. The van der Waals surface area contributed by atoms with Crippen LogP contribution in [0, 0.1) is 8.99 Å². The predicted octanol–water partition coefficient (Wildman–Crippen LogP) is 5.65. The number of carbonyl (C=O) groups is 2. The number of amides is 2. The van der Waals surface area contributed by atoms with Crippen LogP contribution in [0.3, 0.4) is 0 Å². The second-order valence-electron chi connectivity index (χ2n) is 9.81. The van der Waals surface area contributed by atoms with Crippen molar-refractivity contribution in [3.8, 4) is 0 Å². The van der Waals surface area contributed by atoms with E-state index in [4.69, 9.17) is 4.74 Å². The normalized spacial score (nSPS) is 13.1. The second-order valence-corrected chi connectivity index (χ2v) is 11.1. The molecule has 2 N–H and O–H groups in total. The van der Waals surface area contributed by atoms with E-state index in [1.165, 1.54) is 0 Å². The number of hydrogen-bond donors (Lipinski definition) is 2. The van der Waals surface area contributed by atoms with Gasteiger partial charge in [0.1, 0.15) is 6.61 Å². The quantitative estimate of drug-likeness (QED) is 0.194. The molecule has 1 atom stereocenters. The summed E-state index contributed by atoms with van der Waals surface area (Å²) >= 11 is 2.28. The fourth-order valence-corrected chi connectivity index (χ4v) is 4.71. The highest BCUT2D eigenvalue weighted by Crippen LogP contribution is 2.33. The number of ether oxygens (including phenoxy) is 1. The van der Waals surface area contributed by atoms with Gasteiger partial charge in [0.2, 0.25) is 5.91 Å². The molecule has 2 amide bonds. The lowest BCUT2D eigenvalue weighted by molar-refractivity contribution is -0.127.